The van der Waals surface area contributed by atoms with Gasteiger partial charge in [0.2, 0.25) is 0 Å². The molecule has 34 heavy (non-hydrogen) atoms. The summed E-state index contributed by atoms with van der Waals surface area (Å²) in [5.74, 6) is 0.889. The van der Waals surface area contributed by atoms with Gasteiger partial charge in [0.25, 0.3) is 11.8 Å². The van der Waals surface area contributed by atoms with Crippen molar-refractivity contribution in [2.45, 2.75) is 26.4 Å². The van der Waals surface area contributed by atoms with Gasteiger partial charge in [0.15, 0.2) is 11.5 Å². The van der Waals surface area contributed by atoms with Crippen molar-refractivity contribution in [3.05, 3.63) is 69.3 Å². The van der Waals surface area contributed by atoms with Crippen LogP contribution in [0, 0.1) is 32.7 Å². The zero-order valence-corrected chi connectivity index (χ0v) is 21.0. The van der Waals surface area contributed by atoms with E-state index in [1.54, 1.807) is 6.21 Å². The molecule has 2 bridgehead atoms. The van der Waals surface area contributed by atoms with E-state index in [9.17, 15) is 9.59 Å². The molecule has 2 saturated carbocycles. The highest BCUT2D eigenvalue weighted by Gasteiger charge is 2.73. The minimum absolute atomic E-state index is 0.156. The van der Waals surface area contributed by atoms with E-state index in [0.717, 1.165) is 32.5 Å². The van der Waals surface area contributed by atoms with Gasteiger partial charge in [0.05, 0.1) is 28.2 Å². The van der Waals surface area contributed by atoms with Gasteiger partial charge < -0.3 is 9.47 Å². The molecule has 2 aromatic rings. The Morgan fingerprint density at radius 3 is 2.35 bits per heavy atom. The van der Waals surface area contributed by atoms with Crippen molar-refractivity contribution in [2.75, 3.05) is 6.61 Å². The van der Waals surface area contributed by atoms with Crippen molar-refractivity contribution >= 4 is 40.6 Å². The van der Waals surface area contributed by atoms with Gasteiger partial charge in [-0.1, -0.05) is 42.5 Å². The normalized spacial score (nSPS) is 27.8. The number of halogens is 1. The van der Waals surface area contributed by atoms with Crippen LogP contribution in [0.4, 0.5) is 0 Å². The highest BCUT2D eigenvalue weighted by molar-refractivity contribution is 14.1. The fourth-order valence-corrected chi connectivity index (χ4v) is 6.88. The summed E-state index contributed by atoms with van der Waals surface area (Å²) in [7, 11) is 0. The summed E-state index contributed by atoms with van der Waals surface area (Å²) in [5.41, 5.74) is 2.01. The lowest BCUT2D eigenvalue weighted by molar-refractivity contribution is -0.141. The zero-order chi connectivity index (χ0) is 23.4. The van der Waals surface area contributed by atoms with E-state index < -0.39 is 0 Å². The molecule has 2 aromatic carbocycles. The fourth-order valence-electron chi connectivity index (χ4n) is 6.10. The maximum atomic E-state index is 13.1. The number of nitrogens with zero attached hydrogens (tertiary/aromatic N) is 2. The molecule has 1 aliphatic heterocycles. The number of fused-ring (bicyclic) bond motifs is 3. The lowest BCUT2D eigenvalue weighted by atomic mass is 9.85. The van der Waals surface area contributed by atoms with Crippen LogP contribution in [-0.2, 0) is 16.2 Å². The number of carbonyl (C=O) groups excluding carboxylic acids is 2. The minimum atomic E-state index is -0.241. The molecule has 0 aromatic heterocycles. The highest BCUT2D eigenvalue weighted by atomic mass is 127. The van der Waals surface area contributed by atoms with Crippen molar-refractivity contribution in [2.24, 2.45) is 34.2 Å². The molecule has 1 saturated heterocycles. The fraction of sp³-hybridized carbons (Fsp3) is 0.370. The quantitative estimate of drug-likeness (QED) is 0.208. The number of hydrogen-bond donors (Lipinski definition) is 0. The van der Waals surface area contributed by atoms with Crippen LogP contribution >= 0.6 is 22.6 Å². The Hall–Kier alpha value is -2.68. The lowest BCUT2D eigenvalue weighted by Crippen LogP contribution is -2.30. The maximum Gasteiger partial charge on any atom is 0.254 e. The molecule has 1 heterocycles. The molecule has 3 aliphatic carbocycles. The van der Waals surface area contributed by atoms with E-state index in [4.69, 9.17) is 9.47 Å². The number of imide groups is 1. The van der Waals surface area contributed by atoms with Gasteiger partial charge >= 0.3 is 0 Å². The van der Waals surface area contributed by atoms with E-state index in [-0.39, 0.29) is 40.9 Å². The summed E-state index contributed by atoms with van der Waals surface area (Å²) >= 11 is 2.21. The Morgan fingerprint density at radius 1 is 1.06 bits per heavy atom. The molecule has 6 rings (SSSR count). The van der Waals surface area contributed by atoms with Crippen LogP contribution in [0.1, 0.15) is 30.9 Å². The van der Waals surface area contributed by atoms with E-state index in [1.165, 1.54) is 0 Å². The average molecular weight is 568 g/mol. The van der Waals surface area contributed by atoms with Crippen LogP contribution < -0.4 is 9.47 Å². The summed E-state index contributed by atoms with van der Waals surface area (Å²) in [6.45, 7) is 2.84. The standard InChI is InChI=1S/C27H25IN2O4/c1-2-33-21-13-17(12-20(28)24(21)34-15-16-6-4-3-5-7-16)14-29-30-25(31)22-18-8-9-19(23(22)26(30)32)27(18)10-11-27/h3-9,12-14,18-19,22-23H,2,10-11,15H2,1H3/b29-14-/t18-,19-,22-,23-/m1/s1. The van der Waals surface area contributed by atoms with E-state index in [2.05, 4.69) is 39.8 Å². The van der Waals surface area contributed by atoms with Gasteiger partial charge in [0.1, 0.15) is 6.61 Å². The molecule has 0 N–H and O–H groups in total. The molecule has 174 valence electrons. The highest BCUT2D eigenvalue weighted by Crippen LogP contribution is 2.73. The number of hydrazone groups is 1. The van der Waals surface area contributed by atoms with Gasteiger partial charge in [-0.15, -0.1) is 0 Å². The van der Waals surface area contributed by atoms with Crippen molar-refractivity contribution in [1.82, 2.24) is 5.01 Å². The van der Waals surface area contributed by atoms with Crippen LogP contribution in [0.2, 0.25) is 0 Å². The summed E-state index contributed by atoms with van der Waals surface area (Å²) in [4.78, 5) is 26.3. The zero-order valence-electron chi connectivity index (χ0n) is 18.8. The first-order valence-corrected chi connectivity index (χ1v) is 12.8. The van der Waals surface area contributed by atoms with Crippen molar-refractivity contribution < 1.29 is 19.1 Å². The third kappa shape index (κ3) is 3.31. The number of allylic oxidation sites excluding steroid dienone is 2. The Morgan fingerprint density at radius 2 is 1.74 bits per heavy atom. The predicted molar refractivity (Wildman–Crippen MR) is 135 cm³/mol. The Kier molecular flexibility index (Phi) is 5.28. The molecule has 3 fully saturated rings. The lowest BCUT2D eigenvalue weighted by Gasteiger charge is -2.18. The second kappa shape index (κ2) is 8.22. The van der Waals surface area contributed by atoms with Crippen LogP contribution in [0.5, 0.6) is 11.5 Å². The number of rotatable bonds is 7. The van der Waals surface area contributed by atoms with Gasteiger partial charge in [0, 0.05) is 0 Å². The Labute approximate surface area is 212 Å². The average Bonchev–Trinajstić information content (AvgIpc) is 3.43. The minimum Gasteiger partial charge on any atom is -0.490 e. The molecule has 6 nitrogen and oxygen atoms in total. The number of carbonyl (C=O) groups is 2. The first kappa shape index (κ1) is 21.8. The largest absolute Gasteiger partial charge is 0.490 e. The van der Waals surface area contributed by atoms with E-state index in [0.29, 0.717) is 24.7 Å². The third-order valence-electron chi connectivity index (χ3n) is 7.71. The summed E-state index contributed by atoms with van der Waals surface area (Å²) in [6.07, 6.45) is 8.17. The van der Waals surface area contributed by atoms with Crippen LogP contribution in [0.25, 0.3) is 0 Å². The van der Waals surface area contributed by atoms with Crippen LogP contribution in [0.15, 0.2) is 59.7 Å². The van der Waals surface area contributed by atoms with Gasteiger partial charge in [-0.2, -0.15) is 10.1 Å². The summed E-state index contributed by atoms with van der Waals surface area (Å²) < 4.78 is 12.8. The summed E-state index contributed by atoms with van der Waals surface area (Å²) in [5, 5.41) is 5.45. The molecule has 0 radical (unpaired) electrons. The van der Waals surface area contributed by atoms with Crippen LogP contribution in [-0.4, -0.2) is 29.6 Å². The van der Waals surface area contributed by atoms with Gasteiger partial charge in [-0.05, 0) is 82.9 Å². The molecule has 4 atom stereocenters. The number of hydrogen-bond acceptors (Lipinski definition) is 5. The maximum absolute atomic E-state index is 13.1. The number of amides is 2. The SMILES string of the molecule is CCOc1cc(/C=N\N2C(=O)[C@H]3[C@H](C2=O)[C@H]2C=C[C@H]3C23CC3)cc(I)c1OCc1ccccc1. The van der Waals surface area contributed by atoms with Gasteiger partial charge in [-0.3, -0.25) is 9.59 Å². The number of benzene rings is 2. The molecule has 4 aliphatic rings. The topological polar surface area (TPSA) is 68.2 Å². The van der Waals surface area contributed by atoms with Crippen molar-refractivity contribution in [3.63, 3.8) is 0 Å². The molecule has 0 unspecified atom stereocenters. The smallest absolute Gasteiger partial charge is 0.254 e. The first-order valence-electron chi connectivity index (χ1n) is 11.8. The molecular formula is C27H25IN2O4. The molecule has 2 amide bonds. The second-order valence-electron chi connectivity index (χ2n) is 9.49. The Balaban J connectivity index is 1.22. The predicted octanol–water partition coefficient (Wildman–Crippen LogP) is 4.80. The number of ether oxygens (including phenoxy) is 2. The van der Waals surface area contributed by atoms with Crippen molar-refractivity contribution in [1.29, 1.82) is 0 Å². The second-order valence-corrected chi connectivity index (χ2v) is 10.7. The van der Waals surface area contributed by atoms with E-state index >= 15 is 0 Å². The van der Waals surface area contributed by atoms with Crippen molar-refractivity contribution in [3.8, 4) is 11.5 Å². The molecule has 7 heteroatoms. The van der Waals surface area contributed by atoms with Gasteiger partial charge in [-0.25, -0.2) is 0 Å². The monoisotopic (exact) mass is 568 g/mol. The molecular weight excluding hydrogens is 543 g/mol. The Bertz CT molecular complexity index is 1190. The van der Waals surface area contributed by atoms with E-state index in [1.807, 2.05) is 49.4 Å². The summed E-state index contributed by atoms with van der Waals surface area (Å²) in [6, 6.07) is 13.7. The van der Waals surface area contributed by atoms with Crippen LogP contribution in [0.3, 0.4) is 0 Å². The first-order chi connectivity index (χ1) is 16.5. The third-order valence-corrected chi connectivity index (χ3v) is 8.51. The molecule has 1 spiro atoms.